The van der Waals surface area contributed by atoms with Crippen LogP contribution < -0.4 is 0 Å². The molecule has 84 valence electrons. The maximum Gasteiger partial charge on any atom is 0.308 e. The summed E-state index contributed by atoms with van der Waals surface area (Å²) in [5, 5.41) is 9.67. The Hall–Kier alpha value is -1.33. The summed E-state index contributed by atoms with van der Waals surface area (Å²) in [6.45, 7) is 0.337. The Morgan fingerprint density at radius 3 is 2.93 bits per heavy atom. The number of ether oxygens (including phenoxy) is 2. The van der Waals surface area contributed by atoms with Crippen molar-refractivity contribution in [1.29, 1.82) is 0 Å². The van der Waals surface area contributed by atoms with E-state index in [1.54, 1.807) is 13.2 Å². The molecular formula is C10H14O5. The second kappa shape index (κ2) is 5.53. The highest BCUT2D eigenvalue weighted by molar-refractivity contribution is 5.69. The smallest absolute Gasteiger partial charge is 0.308 e. The Labute approximate surface area is 87.6 Å². The van der Waals surface area contributed by atoms with Gasteiger partial charge in [0, 0.05) is 12.7 Å². The highest BCUT2D eigenvalue weighted by Crippen LogP contribution is 2.22. The Morgan fingerprint density at radius 1 is 1.60 bits per heavy atom. The molecule has 1 N–H and O–H groups in total. The maximum atomic E-state index is 10.9. The van der Waals surface area contributed by atoms with Crippen molar-refractivity contribution in [1.82, 2.24) is 0 Å². The quantitative estimate of drug-likeness (QED) is 0.741. The fraction of sp³-hybridized carbons (Fsp3) is 0.500. The van der Waals surface area contributed by atoms with Gasteiger partial charge < -0.3 is 19.0 Å². The minimum Gasteiger partial charge on any atom is -0.469 e. The van der Waals surface area contributed by atoms with Crippen LogP contribution in [0.5, 0.6) is 0 Å². The van der Waals surface area contributed by atoms with Gasteiger partial charge in [0.05, 0.1) is 26.4 Å². The van der Waals surface area contributed by atoms with Crippen molar-refractivity contribution in [2.24, 2.45) is 0 Å². The van der Waals surface area contributed by atoms with Crippen molar-refractivity contribution >= 4 is 5.97 Å². The summed E-state index contributed by atoms with van der Waals surface area (Å²) in [6.07, 6.45) is 0.336. The van der Waals surface area contributed by atoms with E-state index in [9.17, 15) is 9.90 Å². The Kier molecular flexibility index (Phi) is 4.33. The number of hydrogen-bond acceptors (Lipinski definition) is 5. The third-order valence-electron chi connectivity index (χ3n) is 1.97. The number of carbonyl (C=O) groups excluding carboxylic acids is 1. The van der Waals surface area contributed by atoms with Gasteiger partial charge in [0.2, 0.25) is 0 Å². The molecule has 1 heterocycles. The highest BCUT2D eigenvalue weighted by Gasteiger charge is 2.19. The summed E-state index contributed by atoms with van der Waals surface area (Å²) < 4.78 is 14.5. The van der Waals surface area contributed by atoms with E-state index < -0.39 is 12.1 Å². The molecule has 0 aromatic carbocycles. The van der Waals surface area contributed by atoms with E-state index in [4.69, 9.17) is 9.15 Å². The average Bonchev–Trinajstić information content (AvgIpc) is 2.66. The van der Waals surface area contributed by atoms with Gasteiger partial charge in [-0.25, -0.2) is 0 Å². The lowest BCUT2D eigenvalue weighted by Gasteiger charge is -2.08. The van der Waals surface area contributed by atoms with E-state index in [0.717, 1.165) is 5.56 Å². The molecule has 5 nitrogen and oxygen atoms in total. The molecule has 0 radical (unpaired) electrons. The zero-order chi connectivity index (χ0) is 11.3. The summed E-state index contributed by atoms with van der Waals surface area (Å²) in [7, 11) is 2.82. The fourth-order valence-electron chi connectivity index (χ4n) is 1.25. The molecule has 0 saturated carbocycles. The van der Waals surface area contributed by atoms with Crippen molar-refractivity contribution in [2.75, 3.05) is 14.2 Å². The Bertz CT molecular complexity index is 317. The lowest BCUT2D eigenvalue weighted by Crippen LogP contribution is -2.09. The third-order valence-corrected chi connectivity index (χ3v) is 1.97. The number of esters is 1. The van der Waals surface area contributed by atoms with Gasteiger partial charge in [-0.05, 0) is 6.07 Å². The van der Waals surface area contributed by atoms with Crippen LogP contribution in [-0.4, -0.2) is 25.3 Å². The summed E-state index contributed by atoms with van der Waals surface area (Å²) in [4.78, 5) is 10.9. The first-order valence-electron chi connectivity index (χ1n) is 4.49. The summed E-state index contributed by atoms with van der Waals surface area (Å²) in [5.74, 6) is -0.135. The average molecular weight is 214 g/mol. The highest BCUT2D eigenvalue weighted by atomic mass is 16.5. The Morgan fingerprint density at radius 2 is 2.33 bits per heavy atom. The van der Waals surface area contributed by atoms with Gasteiger partial charge in [-0.2, -0.15) is 0 Å². The zero-order valence-corrected chi connectivity index (χ0v) is 8.73. The minimum atomic E-state index is -0.988. The van der Waals surface area contributed by atoms with Gasteiger partial charge in [-0.15, -0.1) is 0 Å². The first-order chi connectivity index (χ1) is 7.19. The number of aliphatic hydroxyl groups excluding tert-OH is 1. The molecule has 1 atom stereocenters. The van der Waals surface area contributed by atoms with Crippen LogP contribution in [0, 0.1) is 0 Å². The minimum absolute atomic E-state index is 0.124. The summed E-state index contributed by atoms with van der Waals surface area (Å²) in [5.41, 5.74) is 0.730. The fourth-order valence-corrected chi connectivity index (χ4v) is 1.25. The van der Waals surface area contributed by atoms with Crippen LogP contribution in [0.3, 0.4) is 0 Å². The molecular weight excluding hydrogens is 200 g/mol. The topological polar surface area (TPSA) is 68.9 Å². The number of aliphatic hydroxyl groups is 1. The largest absolute Gasteiger partial charge is 0.469 e. The van der Waals surface area contributed by atoms with E-state index >= 15 is 0 Å². The molecule has 0 spiro atoms. The van der Waals surface area contributed by atoms with Crippen LogP contribution >= 0.6 is 0 Å². The molecule has 0 saturated heterocycles. The number of methoxy groups -OCH3 is 2. The number of hydrogen-bond donors (Lipinski definition) is 1. The monoisotopic (exact) mass is 214 g/mol. The van der Waals surface area contributed by atoms with Crippen LogP contribution in [0.2, 0.25) is 0 Å². The molecule has 0 unspecified atom stereocenters. The maximum absolute atomic E-state index is 10.9. The van der Waals surface area contributed by atoms with E-state index in [-0.39, 0.29) is 6.42 Å². The molecule has 5 heteroatoms. The molecule has 1 aromatic rings. The Balaban J connectivity index is 2.68. The van der Waals surface area contributed by atoms with E-state index in [1.807, 2.05) is 0 Å². The van der Waals surface area contributed by atoms with E-state index in [1.165, 1.54) is 13.4 Å². The standard InChI is InChI=1S/C10H14O5/c1-13-6-7-3-4-15-10(7)8(11)5-9(12)14-2/h3-4,8,11H,5-6H2,1-2H3/t8-/m0/s1. The van der Waals surface area contributed by atoms with Gasteiger partial charge in [0.15, 0.2) is 0 Å². The third kappa shape index (κ3) is 3.07. The lowest BCUT2D eigenvalue weighted by molar-refractivity contribution is -0.143. The van der Waals surface area contributed by atoms with Crippen molar-refractivity contribution in [3.63, 3.8) is 0 Å². The van der Waals surface area contributed by atoms with Gasteiger partial charge in [-0.3, -0.25) is 4.79 Å². The molecule has 0 amide bonds. The van der Waals surface area contributed by atoms with Crippen molar-refractivity contribution in [2.45, 2.75) is 19.1 Å². The number of furan rings is 1. The van der Waals surface area contributed by atoms with Crippen LogP contribution in [0.15, 0.2) is 16.7 Å². The summed E-state index contributed by atoms with van der Waals surface area (Å²) >= 11 is 0. The molecule has 0 aliphatic heterocycles. The van der Waals surface area contributed by atoms with Gasteiger partial charge in [0.1, 0.15) is 11.9 Å². The van der Waals surface area contributed by atoms with Crippen LogP contribution in [0.25, 0.3) is 0 Å². The molecule has 0 bridgehead atoms. The first kappa shape index (κ1) is 11.7. The predicted molar refractivity (Wildman–Crippen MR) is 51.0 cm³/mol. The van der Waals surface area contributed by atoms with Crippen LogP contribution in [0.4, 0.5) is 0 Å². The van der Waals surface area contributed by atoms with Gasteiger partial charge in [0.25, 0.3) is 0 Å². The summed E-state index contributed by atoms with van der Waals surface area (Å²) in [6, 6.07) is 1.69. The van der Waals surface area contributed by atoms with Gasteiger partial charge >= 0.3 is 5.97 Å². The predicted octanol–water partition coefficient (Wildman–Crippen LogP) is 1.02. The second-order valence-corrected chi connectivity index (χ2v) is 3.04. The normalized spacial score (nSPS) is 12.5. The SMILES string of the molecule is COCc1ccoc1[C@@H](O)CC(=O)OC. The van der Waals surface area contributed by atoms with Crippen molar-refractivity contribution < 1.29 is 23.8 Å². The molecule has 0 aliphatic rings. The van der Waals surface area contributed by atoms with Crippen molar-refractivity contribution in [3.8, 4) is 0 Å². The van der Waals surface area contributed by atoms with Gasteiger partial charge in [-0.1, -0.05) is 0 Å². The number of rotatable bonds is 5. The lowest BCUT2D eigenvalue weighted by atomic mass is 10.1. The molecule has 0 aliphatic carbocycles. The second-order valence-electron chi connectivity index (χ2n) is 3.04. The zero-order valence-electron chi connectivity index (χ0n) is 8.73. The molecule has 0 fully saturated rings. The van der Waals surface area contributed by atoms with Crippen LogP contribution in [0.1, 0.15) is 23.8 Å². The molecule has 15 heavy (non-hydrogen) atoms. The van der Waals surface area contributed by atoms with E-state index in [0.29, 0.717) is 12.4 Å². The van der Waals surface area contributed by atoms with Crippen molar-refractivity contribution in [3.05, 3.63) is 23.7 Å². The van der Waals surface area contributed by atoms with E-state index in [2.05, 4.69) is 4.74 Å². The first-order valence-corrected chi connectivity index (χ1v) is 4.49. The molecule has 1 aromatic heterocycles. The van der Waals surface area contributed by atoms with Crippen LogP contribution in [-0.2, 0) is 20.9 Å². The number of carbonyl (C=O) groups is 1. The molecule has 1 rings (SSSR count).